The third-order valence-electron chi connectivity index (χ3n) is 4.91. The van der Waals surface area contributed by atoms with Crippen LogP contribution in [0.5, 0.6) is 0 Å². The Morgan fingerprint density at radius 1 is 1.27 bits per heavy atom. The first kappa shape index (κ1) is 20.9. The summed E-state index contributed by atoms with van der Waals surface area (Å²) >= 11 is 0. The van der Waals surface area contributed by atoms with E-state index in [0.29, 0.717) is 24.7 Å². The number of oxazole rings is 1. The fourth-order valence-electron chi connectivity index (χ4n) is 3.42. The highest BCUT2D eigenvalue weighted by Crippen LogP contribution is 2.12. The second kappa shape index (κ2) is 10.0. The highest BCUT2D eigenvalue weighted by molar-refractivity contribution is 5.92. The molecule has 0 bridgehead atoms. The van der Waals surface area contributed by atoms with Gasteiger partial charge in [0.2, 0.25) is 5.89 Å². The molecule has 1 saturated heterocycles. The molecule has 0 saturated carbocycles. The van der Waals surface area contributed by atoms with Crippen molar-refractivity contribution >= 4 is 5.91 Å². The van der Waals surface area contributed by atoms with Crippen LogP contribution in [0.2, 0.25) is 0 Å². The third-order valence-corrected chi connectivity index (χ3v) is 4.91. The summed E-state index contributed by atoms with van der Waals surface area (Å²) < 4.78 is 5.53. The van der Waals surface area contributed by atoms with E-state index < -0.39 is 0 Å². The van der Waals surface area contributed by atoms with Crippen molar-refractivity contribution in [1.82, 2.24) is 19.7 Å². The van der Waals surface area contributed by atoms with E-state index in [1.807, 2.05) is 20.8 Å². The van der Waals surface area contributed by atoms with E-state index in [0.717, 1.165) is 45.6 Å². The molecule has 1 aliphatic heterocycles. The predicted octanol–water partition coefficient (Wildman–Crippen LogP) is 1.82. The van der Waals surface area contributed by atoms with E-state index in [-0.39, 0.29) is 18.1 Å². The molecule has 1 aliphatic rings. The Kier molecular flexibility index (Phi) is 8.06. The molecule has 0 spiro atoms. The van der Waals surface area contributed by atoms with Crippen molar-refractivity contribution in [3.63, 3.8) is 0 Å². The largest absolute Gasteiger partial charge is 0.447 e. The zero-order valence-corrected chi connectivity index (χ0v) is 16.6. The third kappa shape index (κ3) is 5.79. The van der Waals surface area contributed by atoms with Gasteiger partial charge in [0.15, 0.2) is 5.69 Å². The minimum Gasteiger partial charge on any atom is -0.447 e. The Bertz CT molecular complexity index is 553. The summed E-state index contributed by atoms with van der Waals surface area (Å²) in [6, 6.07) is 0.142. The molecule has 7 heteroatoms. The van der Waals surface area contributed by atoms with Gasteiger partial charge in [0.1, 0.15) is 6.26 Å². The van der Waals surface area contributed by atoms with Crippen molar-refractivity contribution in [3.8, 4) is 0 Å². The Hall–Kier alpha value is -1.44. The number of β-amino-alcohol motifs (C(OH)–C–C–N with tert-alkyl or cyclic N) is 1. The molecule has 1 amide bonds. The van der Waals surface area contributed by atoms with Gasteiger partial charge in [-0.3, -0.25) is 14.6 Å². The maximum atomic E-state index is 12.5. The molecule has 0 aliphatic carbocycles. The van der Waals surface area contributed by atoms with Gasteiger partial charge < -0.3 is 14.4 Å². The molecule has 148 valence electrons. The van der Waals surface area contributed by atoms with Gasteiger partial charge in [-0.2, -0.15) is 0 Å². The Morgan fingerprint density at radius 2 is 1.92 bits per heavy atom. The molecule has 2 rings (SSSR count). The monoisotopic (exact) mass is 366 g/mol. The topological polar surface area (TPSA) is 73.1 Å². The van der Waals surface area contributed by atoms with Crippen LogP contribution in [0, 0.1) is 0 Å². The van der Waals surface area contributed by atoms with E-state index in [1.165, 1.54) is 6.26 Å². The van der Waals surface area contributed by atoms with Gasteiger partial charge in [0.25, 0.3) is 5.91 Å². The van der Waals surface area contributed by atoms with Crippen LogP contribution in [0.1, 0.15) is 56.9 Å². The van der Waals surface area contributed by atoms with Gasteiger partial charge in [0.05, 0.1) is 12.6 Å². The van der Waals surface area contributed by atoms with E-state index in [1.54, 1.807) is 4.90 Å². The molecule has 7 nitrogen and oxygen atoms in total. The maximum absolute atomic E-state index is 12.5. The number of piperazine rings is 1. The van der Waals surface area contributed by atoms with Gasteiger partial charge in [-0.15, -0.1) is 0 Å². The smallest absolute Gasteiger partial charge is 0.276 e. The molecular formula is C19H34N4O3. The highest BCUT2D eigenvalue weighted by Gasteiger charge is 2.23. The summed E-state index contributed by atoms with van der Waals surface area (Å²) in [7, 11) is 0. The number of carbonyl (C=O) groups excluding carboxylic acids is 1. The zero-order valence-electron chi connectivity index (χ0n) is 16.6. The fraction of sp³-hybridized carbons (Fsp3) is 0.789. The molecule has 1 fully saturated rings. The first-order valence-corrected chi connectivity index (χ1v) is 9.82. The quantitative estimate of drug-likeness (QED) is 0.719. The van der Waals surface area contributed by atoms with Gasteiger partial charge in [0, 0.05) is 45.3 Å². The molecule has 1 unspecified atom stereocenters. The average molecular weight is 367 g/mol. The number of hydrogen-bond donors (Lipinski definition) is 1. The van der Waals surface area contributed by atoms with Gasteiger partial charge in [-0.25, -0.2) is 4.98 Å². The van der Waals surface area contributed by atoms with Crippen LogP contribution in [0.15, 0.2) is 10.7 Å². The van der Waals surface area contributed by atoms with Crippen LogP contribution in [0.3, 0.4) is 0 Å². The van der Waals surface area contributed by atoms with Gasteiger partial charge in [-0.05, 0) is 27.2 Å². The lowest BCUT2D eigenvalue weighted by Gasteiger charge is -2.34. The van der Waals surface area contributed by atoms with Crippen molar-refractivity contribution in [2.45, 2.75) is 59.2 Å². The second-order valence-electron chi connectivity index (χ2n) is 7.33. The fourth-order valence-corrected chi connectivity index (χ4v) is 3.42. The molecular weight excluding hydrogens is 332 g/mol. The summed E-state index contributed by atoms with van der Waals surface area (Å²) in [5.74, 6) is 0.514. The molecule has 0 radical (unpaired) electrons. The van der Waals surface area contributed by atoms with Crippen molar-refractivity contribution in [2.75, 3.05) is 39.3 Å². The van der Waals surface area contributed by atoms with Crippen LogP contribution >= 0.6 is 0 Å². The number of aliphatic hydroxyl groups excluding tert-OH is 1. The van der Waals surface area contributed by atoms with Crippen molar-refractivity contribution < 1.29 is 14.3 Å². The van der Waals surface area contributed by atoms with Crippen molar-refractivity contribution in [3.05, 3.63) is 17.8 Å². The van der Waals surface area contributed by atoms with E-state index >= 15 is 0 Å². The number of rotatable bonds is 9. The van der Waals surface area contributed by atoms with Crippen molar-refractivity contribution in [2.24, 2.45) is 0 Å². The predicted molar refractivity (Wildman–Crippen MR) is 101 cm³/mol. The average Bonchev–Trinajstić information content (AvgIpc) is 3.05. The lowest BCUT2D eigenvalue weighted by molar-refractivity contribution is 0.0634. The lowest BCUT2D eigenvalue weighted by Crippen LogP contribution is -2.48. The Labute approximate surface area is 157 Å². The number of amides is 1. The zero-order chi connectivity index (χ0) is 19.1. The second-order valence-corrected chi connectivity index (χ2v) is 7.33. The summed E-state index contributed by atoms with van der Waals surface area (Å²) in [5, 5.41) is 9.95. The minimum absolute atomic E-state index is 0.0766. The highest BCUT2D eigenvalue weighted by atomic mass is 16.3. The number of hydrogen-bond acceptors (Lipinski definition) is 6. The number of aliphatic hydroxyl groups is 1. The molecule has 2 heterocycles. The van der Waals surface area contributed by atoms with Crippen LogP contribution < -0.4 is 0 Å². The lowest BCUT2D eigenvalue weighted by atomic mass is 10.2. The molecule has 0 aromatic carbocycles. The molecule has 1 atom stereocenters. The summed E-state index contributed by atoms with van der Waals surface area (Å²) in [5.41, 5.74) is 0.386. The number of aromatic nitrogens is 1. The molecule has 1 aromatic heterocycles. The van der Waals surface area contributed by atoms with Crippen LogP contribution in [0.25, 0.3) is 0 Å². The standard InChI is InChI=1S/C19H34N4O3/c1-5-7-16(24)12-21-8-10-22(11-9-21)13-18-20-17(14-26-18)19(25)23(6-2)15(3)4/h14-16,24H,5-13H2,1-4H3. The van der Waals surface area contributed by atoms with E-state index in [9.17, 15) is 9.90 Å². The van der Waals surface area contributed by atoms with Gasteiger partial charge in [-0.1, -0.05) is 13.3 Å². The van der Waals surface area contributed by atoms with E-state index in [4.69, 9.17) is 4.42 Å². The van der Waals surface area contributed by atoms with E-state index in [2.05, 4.69) is 21.7 Å². The van der Waals surface area contributed by atoms with Crippen molar-refractivity contribution in [1.29, 1.82) is 0 Å². The van der Waals surface area contributed by atoms with Crippen LogP contribution in [-0.2, 0) is 6.54 Å². The molecule has 1 aromatic rings. The first-order valence-electron chi connectivity index (χ1n) is 9.82. The Morgan fingerprint density at radius 3 is 2.50 bits per heavy atom. The number of nitrogens with zero attached hydrogens (tertiary/aromatic N) is 4. The molecule has 1 N–H and O–H groups in total. The summed E-state index contributed by atoms with van der Waals surface area (Å²) in [4.78, 5) is 23.2. The summed E-state index contributed by atoms with van der Waals surface area (Å²) in [6.45, 7) is 13.8. The maximum Gasteiger partial charge on any atom is 0.276 e. The van der Waals surface area contributed by atoms with Gasteiger partial charge >= 0.3 is 0 Å². The summed E-state index contributed by atoms with van der Waals surface area (Å²) in [6.07, 6.45) is 3.12. The Balaban J connectivity index is 1.82. The normalized spacial score (nSPS) is 17.6. The van der Waals surface area contributed by atoms with Crippen LogP contribution in [0.4, 0.5) is 0 Å². The first-order chi connectivity index (χ1) is 12.4. The van der Waals surface area contributed by atoms with Crippen LogP contribution in [-0.4, -0.2) is 82.1 Å². The number of carbonyl (C=O) groups is 1. The minimum atomic E-state index is -0.227. The SMILES string of the molecule is CCCC(O)CN1CCN(Cc2nc(C(=O)N(CC)C(C)C)co2)CC1. The molecule has 26 heavy (non-hydrogen) atoms.